The molecular formula is C29H26N6O. The Morgan fingerprint density at radius 1 is 1.17 bits per heavy atom. The summed E-state index contributed by atoms with van der Waals surface area (Å²) in [4.78, 5) is 22.2. The maximum absolute atomic E-state index is 12.7. The molecule has 3 heterocycles. The largest absolute Gasteiger partial charge is 0.349 e. The van der Waals surface area contributed by atoms with E-state index in [-0.39, 0.29) is 17.9 Å². The standard InChI is InChI=1S/C29H26N6O/c1-28(2,17-30)21-8-6-18(7-9-21)24-13-29-22(16-32-35-29)4-3-5-25(29)34-26(24)19-12-20(15-31-14-19)27(36)33-23-10-11-23/h3-9,12-15,22-23H,10-11,16H2,1-2H3,(H,33,36). The number of carbonyl (C=O) groups is 1. The molecule has 1 N–H and O–H groups in total. The van der Waals surface area contributed by atoms with Crippen LogP contribution in [-0.2, 0) is 5.41 Å². The van der Waals surface area contributed by atoms with E-state index in [1.54, 1.807) is 12.4 Å². The SMILES string of the molecule is CC(C)(C#N)c1ccc(C2=CC34N=NCC3C=CC=C4N=C2c2cncc(C(=O)NC3CC3)c2)cc1. The third-order valence-electron chi connectivity index (χ3n) is 7.32. The van der Waals surface area contributed by atoms with E-state index in [1.165, 1.54) is 0 Å². The lowest BCUT2D eigenvalue weighted by molar-refractivity contribution is 0.0950. The molecule has 7 nitrogen and oxygen atoms in total. The monoisotopic (exact) mass is 474 g/mol. The highest BCUT2D eigenvalue weighted by molar-refractivity contribution is 6.33. The second-order valence-corrected chi connectivity index (χ2v) is 10.3. The molecule has 7 heteroatoms. The molecule has 2 unspecified atom stereocenters. The van der Waals surface area contributed by atoms with E-state index in [0.29, 0.717) is 12.1 Å². The predicted molar refractivity (Wildman–Crippen MR) is 137 cm³/mol. The normalized spacial score (nSPS) is 24.1. The Bertz CT molecular complexity index is 1450. The van der Waals surface area contributed by atoms with Crippen molar-refractivity contribution in [3.05, 3.63) is 95.0 Å². The molecule has 4 aliphatic rings. The average Bonchev–Trinajstić information content (AvgIpc) is 3.62. The molecule has 178 valence electrons. The van der Waals surface area contributed by atoms with Gasteiger partial charge in [0.1, 0.15) is 0 Å². The fraction of sp³-hybridized carbons (Fsp3) is 0.310. The third kappa shape index (κ3) is 3.70. The minimum Gasteiger partial charge on any atom is -0.349 e. The number of dihydropyridines is 1. The lowest BCUT2D eigenvalue weighted by Crippen LogP contribution is -2.37. The quantitative estimate of drug-likeness (QED) is 0.664. The number of nitrogens with one attached hydrogen (secondary N) is 1. The van der Waals surface area contributed by atoms with Gasteiger partial charge in [-0.25, -0.2) is 4.99 Å². The zero-order valence-electron chi connectivity index (χ0n) is 20.3. The summed E-state index contributed by atoms with van der Waals surface area (Å²) >= 11 is 0. The summed E-state index contributed by atoms with van der Waals surface area (Å²) in [5.41, 5.74) is 4.46. The third-order valence-corrected chi connectivity index (χ3v) is 7.32. The minimum atomic E-state index is -0.632. The molecule has 2 aliphatic carbocycles. The highest BCUT2D eigenvalue weighted by Crippen LogP contribution is 2.46. The van der Waals surface area contributed by atoms with Crippen LogP contribution >= 0.6 is 0 Å². The van der Waals surface area contributed by atoms with Crippen molar-refractivity contribution in [2.45, 2.75) is 43.7 Å². The number of carbonyl (C=O) groups excluding carboxylic acids is 1. The maximum Gasteiger partial charge on any atom is 0.253 e. The van der Waals surface area contributed by atoms with E-state index in [2.05, 4.69) is 38.8 Å². The number of hydrogen-bond donors (Lipinski definition) is 1. The number of hydrogen-bond acceptors (Lipinski definition) is 6. The highest BCUT2D eigenvalue weighted by Gasteiger charge is 2.47. The second-order valence-electron chi connectivity index (χ2n) is 10.3. The number of nitrogens with zero attached hydrogens (tertiary/aromatic N) is 5. The Kier molecular flexibility index (Phi) is 5.08. The Morgan fingerprint density at radius 3 is 2.72 bits per heavy atom. The summed E-state index contributed by atoms with van der Waals surface area (Å²) < 4.78 is 0. The molecule has 6 rings (SSSR count). The van der Waals surface area contributed by atoms with Crippen LogP contribution in [0.2, 0.25) is 0 Å². The van der Waals surface area contributed by atoms with Gasteiger partial charge in [-0.05, 0) is 56.0 Å². The van der Waals surface area contributed by atoms with E-state index in [0.717, 1.165) is 46.5 Å². The number of nitriles is 1. The van der Waals surface area contributed by atoms with Gasteiger partial charge >= 0.3 is 0 Å². The zero-order valence-corrected chi connectivity index (χ0v) is 20.3. The topological polar surface area (TPSA) is 103 Å². The Labute approximate surface area is 210 Å². The van der Waals surface area contributed by atoms with E-state index in [9.17, 15) is 10.1 Å². The van der Waals surface area contributed by atoms with Gasteiger partial charge in [-0.3, -0.25) is 9.78 Å². The molecule has 2 aromatic rings. The molecule has 1 saturated carbocycles. The van der Waals surface area contributed by atoms with Gasteiger partial charge < -0.3 is 5.32 Å². The number of rotatable bonds is 5. The average molecular weight is 475 g/mol. The maximum atomic E-state index is 12.7. The van der Waals surface area contributed by atoms with Crippen LogP contribution in [0.25, 0.3) is 5.57 Å². The molecule has 36 heavy (non-hydrogen) atoms. The van der Waals surface area contributed by atoms with Crippen LogP contribution in [-0.4, -0.2) is 34.7 Å². The van der Waals surface area contributed by atoms with Gasteiger partial charge in [0.15, 0.2) is 5.54 Å². The summed E-state index contributed by atoms with van der Waals surface area (Å²) in [6.45, 7) is 4.44. The van der Waals surface area contributed by atoms with Crippen LogP contribution in [0, 0.1) is 17.2 Å². The number of amides is 1. The fourth-order valence-electron chi connectivity index (χ4n) is 4.89. The van der Waals surface area contributed by atoms with Crippen molar-refractivity contribution < 1.29 is 4.79 Å². The van der Waals surface area contributed by atoms with Crippen molar-refractivity contribution >= 4 is 17.2 Å². The van der Waals surface area contributed by atoms with E-state index in [4.69, 9.17) is 4.99 Å². The molecule has 0 radical (unpaired) electrons. The first kappa shape index (κ1) is 22.3. The first-order valence-corrected chi connectivity index (χ1v) is 12.3. The zero-order chi connectivity index (χ0) is 24.9. The van der Waals surface area contributed by atoms with Gasteiger partial charge in [0.25, 0.3) is 5.91 Å². The van der Waals surface area contributed by atoms with Crippen molar-refractivity contribution in [1.82, 2.24) is 10.3 Å². The summed E-state index contributed by atoms with van der Waals surface area (Å²) in [6, 6.07) is 12.5. The molecule has 0 bridgehead atoms. The van der Waals surface area contributed by atoms with Crippen molar-refractivity contribution in [3.8, 4) is 6.07 Å². The number of pyridine rings is 1. The summed E-state index contributed by atoms with van der Waals surface area (Å²) in [5, 5.41) is 21.6. The number of aliphatic imine (C=N–C) groups is 1. The molecule has 1 aromatic heterocycles. The lowest BCUT2D eigenvalue weighted by atomic mass is 9.74. The number of benzene rings is 1. The van der Waals surface area contributed by atoms with E-state index < -0.39 is 11.0 Å². The van der Waals surface area contributed by atoms with Crippen LogP contribution in [0.15, 0.2) is 87.9 Å². The van der Waals surface area contributed by atoms with Gasteiger partial charge in [-0.2, -0.15) is 15.5 Å². The number of allylic oxidation sites excluding steroid dienone is 3. The van der Waals surface area contributed by atoms with Gasteiger partial charge in [0.2, 0.25) is 0 Å². The summed E-state index contributed by atoms with van der Waals surface area (Å²) in [5.74, 6) is 0.00111. The highest BCUT2D eigenvalue weighted by atomic mass is 16.1. The van der Waals surface area contributed by atoms with Crippen LogP contribution in [0.5, 0.6) is 0 Å². The Morgan fingerprint density at radius 2 is 1.97 bits per heavy atom. The summed E-state index contributed by atoms with van der Waals surface area (Å²) in [7, 11) is 0. The molecule has 2 aliphatic heterocycles. The molecule has 1 spiro atoms. The van der Waals surface area contributed by atoms with Crippen LogP contribution in [0.3, 0.4) is 0 Å². The van der Waals surface area contributed by atoms with Crippen molar-refractivity contribution in [2.75, 3.05) is 6.54 Å². The Balaban J connectivity index is 1.46. The van der Waals surface area contributed by atoms with Crippen LogP contribution in [0.1, 0.15) is 53.7 Å². The van der Waals surface area contributed by atoms with Crippen molar-refractivity contribution in [1.29, 1.82) is 5.26 Å². The Hall–Kier alpha value is -4.18. The van der Waals surface area contributed by atoms with Crippen LogP contribution in [0.4, 0.5) is 0 Å². The molecule has 1 amide bonds. The van der Waals surface area contributed by atoms with Gasteiger partial charge in [-0.1, -0.05) is 36.4 Å². The molecule has 1 fully saturated rings. The van der Waals surface area contributed by atoms with Gasteiger partial charge in [0, 0.05) is 35.5 Å². The van der Waals surface area contributed by atoms with Gasteiger partial charge in [-0.15, -0.1) is 0 Å². The molecule has 1 aromatic carbocycles. The second kappa shape index (κ2) is 8.20. The molecular weight excluding hydrogens is 448 g/mol. The first-order chi connectivity index (χ1) is 17.4. The van der Waals surface area contributed by atoms with Crippen molar-refractivity contribution in [3.63, 3.8) is 0 Å². The number of azo groups is 1. The smallest absolute Gasteiger partial charge is 0.253 e. The van der Waals surface area contributed by atoms with E-state index in [1.807, 2.05) is 56.3 Å². The minimum absolute atomic E-state index is 0.113. The fourth-order valence-corrected chi connectivity index (χ4v) is 4.89. The summed E-state index contributed by atoms with van der Waals surface area (Å²) in [6.07, 6.45) is 13.7. The van der Waals surface area contributed by atoms with Gasteiger partial charge in [0.05, 0.1) is 35.0 Å². The first-order valence-electron chi connectivity index (χ1n) is 12.3. The molecule has 0 saturated heterocycles. The number of aromatic nitrogens is 1. The van der Waals surface area contributed by atoms with Crippen LogP contribution < -0.4 is 5.32 Å². The molecule has 2 atom stereocenters. The van der Waals surface area contributed by atoms with E-state index >= 15 is 0 Å². The lowest BCUT2D eigenvalue weighted by Gasteiger charge is -2.34. The predicted octanol–water partition coefficient (Wildman–Crippen LogP) is 4.94. The van der Waals surface area contributed by atoms with Crippen molar-refractivity contribution in [2.24, 2.45) is 21.1 Å².